The standard InChI is InChI=1S/C61H37N3O2/c65-61-53-37-59-52(36-47(53)46-21-11-13-23-60(46)66-61)51-35-41(27-31-58(51)64(59)44-18-8-3-9-19-44)40-26-30-57-50(34-40)49-33-39(25-29-56(49)63(57)43-16-6-2-7-17-43)38-24-28-55-48(32-38)45-20-10-12-22-54(45)62(55)42-14-4-1-5-15-42/h1-37H. The molecule has 4 aromatic heterocycles. The quantitative estimate of drug-likeness (QED) is 0.128. The summed E-state index contributed by atoms with van der Waals surface area (Å²) in [6, 6.07) is 79.9. The van der Waals surface area contributed by atoms with Crippen molar-refractivity contribution in [2.75, 3.05) is 0 Å². The third kappa shape index (κ3) is 5.38. The highest BCUT2D eigenvalue weighted by Crippen LogP contribution is 2.42. The van der Waals surface area contributed by atoms with Gasteiger partial charge in [-0.2, -0.15) is 0 Å². The van der Waals surface area contributed by atoms with Crippen molar-refractivity contribution in [2.45, 2.75) is 0 Å². The van der Waals surface area contributed by atoms with Gasteiger partial charge in [-0.05, 0) is 131 Å². The second-order valence-electron chi connectivity index (χ2n) is 17.3. The van der Waals surface area contributed by atoms with Crippen LogP contribution >= 0.6 is 0 Å². The van der Waals surface area contributed by atoms with Crippen LogP contribution < -0.4 is 5.63 Å². The molecule has 14 rings (SSSR count). The molecule has 0 amide bonds. The third-order valence-electron chi connectivity index (χ3n) is 13.7. The number of hydrogen-bond donors (Lipinski definition) is 0. The Morgan fingerprint density at radius 2 is 0.621 bits per heavy atom. The zero-order chi connectivity index (χ0) is 43.5. The minimum Gasteiger partial charge on any atom is -0.422 e. The van der Waals surface area contributed by atoms with Gasteiger partial charge in [0.1, 0.15) is 5.58 Å². The van der Waals surface area contributed by atoms with E-state index in [1.54, 1.807) is 0 Å². The van der Waals surface area contributed by atoms with E-state index < -0.39 is 0 Å². The molecule has 5 heteroatoms. The van der Waals surface area contributed by atoms with Gasteiger partial charge >= 0.3 is 5.63 Å². The summed E-state index contributed by atoms with van der Waals surface area (Å²) in [5.41, 5.74) is 14.9. The maximum atomic E-state index is 13.5. The summed E-state index contributed by atoms with van der Waals surface area (Å²) in [7, 11) is 0. The SMILES string of the molecule is O=c1oc2ccccc2c2cc3c4cc(-c5ccc6c(c5)c5cc(-c7ccc8c(c7)c7ccccc7n8-c7ccccc7)ccc5n6-c5ccccc5)ccc4n(-c4ccccc4)c3cc12. The molecule has 0 spiro atoms. The van der Waals surface area contributed by atoms with Crippen molar-refractivity contribution in [3.8, 4) is 39.3 Å². The van der Waals surface area contributed by atoms with Crippen LogP contribution in [0, 0.1) is 0 Å². The van der Waals surface area contributed by atoms with E-state index in [0.29, 0.717) is 11.0 Å². The number of fused-ring (bicyclic) bond motifs is 12. The van der Waals surface area contributed by atoms with Crippen LogP contribution in [-0.4, -0.2) is 13.7 Å². The van der Waals surface area contributed by atoms with E-state index in [-0.39, 0.29) is 5.63 Å². The second-order valence-corrected chi connectivity index (χ2v) is 17.3. The smallest absolute Gasteiger partial charge is 0.344 e. The van der Waals surface area contributed by atoms with Gasteiger partial charge in [-0.15, -0.1) is 0 Å². The molecule has 0 saturated heterocycles. The van der Waals surface area contributed by atoms with Crippen LogP contribution in [0.2, 0.25) is 0 Å². The van der Waals surface area contributed by atoms with Crippen molar-refractivity contribution in [1.82, 2.24) is 13.7 Å². The molecule has 308 valence electrons. The summed E-state index contributed by atoms with van der Waals surface area (Å²) in [6.45, 7) is 0. The van der Waals surface area contributed by atoms with Gasteiger partial charge in [0.2, 0.25) is 0 Å². The van der Waals surface area contributed by atoms with Crippen LogP contribution in [0.4, 0.5) is 0 Å². The lowest BCUT2D eigenvalue weighted by molar-refractivity contribution is 0.570. The molecule has 4 heterocycles. The Bertz CT molecular complexity index is 4350. The molecule has 0 saturated carbocycles. The topological polar surface area (TPSA) is 45.0 Å². The van der Waals surface area contributed by atoms with Crippen molar-refractivity contribution in [1.29, 1.82) is 0 Å². The monoisotopic (exact) mass is 843 g/mol. The molecule has 66 heavy (non-hydrogen) atoms. The van der Waals surface area contributed by atoms with Gasteiger partial charge in [-0.3, -0.25) is 0 Å². The Labute approximate surface area is 377 Å². The lowest BCUT2D eigenvalue weighted by atomic mass is 9.98. The van der Waals surface area contributed by atoms with E-state index in [0.717, 1.165) is 71.8 Å². The highest BCUT2D eigenvalue weighted by atomic mass is 16.4. The average Bonchev–Trinajstić information content (AvgIpc) is 4.01. The molecule has 5 nitrogen and oxygen atoms in total. The molecule has 14 aromatic rings. The molecule has 0 radical (unpaired) electrons. The molecule has 0 atom stereocenters. The summed E-state index contributed by atoms with van der Waals surface area (Å²) in [5, 5.41) is 9.42. The fourth-order valence-corrected chi connectivity index (χ4v) is 10.7. The molecule has 0 aliphatic rings. The van der Waals surface area contributed by atoms with Crippen molar-refractivity contribution in [3.63, 3.8) is 0 Å². The molecule has 0 aliphatic heterocycles. The Hall–Kier alpha value is -8.93. The summed E-state index contributed by atoms with van der Waals surface area (Å²) in [5.74, 6) is 0. The Balaban J connectivity index is 0.980. The van der Waals surface area contributed by atoms with Gasteiger partial charge < -0.3 is 18.1 Å². The zero-order valence-corrected chi connectivity index (χ0v) is 35.5. The lowest BCUT2D eigenvalue weighted by Gasteiger charge is -2.09. The maximum Gasteiger partial charge on any atom is 0.344 e. The molecular weight excluding hydrogens is 807 g/mol. The Kier molecular flexibility index (Phi) is 7.77. The molecule has 0 bridgehead atoms. The van der Waals surface area contributed by atoms with Gasteiger partial charge in [0.15, 0.2) is 0 Å². The van der Waals surface area contributed by atoms with Crippen LogP contribution in [0.1, 0.15) is 0 Å². The molecular formula is C61H37N3O2. The predicted molar refractivity (Wildman–Crippen MR) is 274 cm³/mol. The number of hydrogen-bond acceptors (Lipinski definition) is 2. The van der Waals surface area contributed by atoms with E-state index >= 15 is 0 Å². The van der Waals surface area contributed by atoms with E-state index in [2.05, 4.69) is 202 Å². The normalized spacial score (nSPS) is 12.0. The average molecular weight is 844 g/mol. The molecule has 0 fully saturated rings. The highest BCUT2D eigenvalue weighted by molar-refractivity contribution is 6.19. The first kappa shape index (κ1) is 36.5. The number of benzene rings is 10. The number of nitrogens with zero attached hydrogens (tertiary/aromatic N) is 3. The molecule has 10 aromatic carbocycles. The first-order valence-electron chi connectivity index (χ1n) is 22.4. The van der Waals surface area contributed by atoms with E-state index in [4.69, 9.17) is 4.42 Å². The fourth-order valence-electron chi connectivity index (χ4n) is 10.7. The van der Waals surface area contributed by atoms with Crippen molar-refractivity contribution >= 4 is 87.2 Å². The molecule has 0 aliphatic carbocycles. The Morgan fingerprint density at radius 3 is 1.11 bits per heavy atom. The van der Waals surface area contributed by atoms with Crippen LogP contribution in [0.25, 0.3) is 126 Å². The lowest BCUT2D eigenvalue weighted by Crippen LogP contribution is -2.00. The highest BCUT2D eigenvalue weighted by Gasteiger charge is 2.20. The Morgan fingerprint density at radius 1 is 0.258 bits per heavy atom. The van der Waals surface area contributed by atoms with Crippen LogP contribution in [-0.2, 0) is 0 Å². The van der Waals surface area contributed by atoms with Crippen molar-refractivity contribution in [3.05, 3.63) is 235 Å². The van der Waals surface area contributed by atoms with Gasteiger partial charge in [-0.1, -0.05) is 115 Å². The van der Waals surface area contributed by atoms with Gasteiger partial charge in [0, 0.05) is 60.2 Å². The maximum absolute atomic E-state index is 13.5. The number of rotatable bonds is 5. The summed E-state index contributed by atoms with van der Waals surface area (Å²) < 4.78 is 12.8. The van der Waals surface area contributed by atoms with Crippen molar-refractivity contribution in [2.24, 2.45) is 0 Å². The number of aromatic nitrogens is 3. The van der Waals surface area contributed by atoms with Crippen LogP contribution in [0.3, 0.4) is 0 Å². The van der Waals surface area contributed by atoms with E-state index in [1.807, 2.05) is 36.4 Å². The van der Waals surface area contributed by atoms with E-state index in [9.17, 15) is 4.79 Å². The predicted octanol–water partition coefficient (Wildman–Crippen LogP) is 15.6. The summed E-state index contributed by atoms with van der Waals surface area (Å²) in [4.78, 5) is 13.5. The first-order valence-corrected chi connectivity index (χ1v) is 22.4. The van der Waals surface area contributed by atoms with Gasteiger partial charge in [0.25, 0.3) is 0 Å². The minimum absolute atomic E-state index is 0.335. The number of para-hydroxylation sites is 5. The first-order chi connectivity index (χ1) is 32.6. The van der Waals surface area contributed by atoms with Crippen LogP contribution in [0.5, 0.6) is 0 Å². The van der Waals surface area contributed by atoms with Gasteiger partial charge in [0.05, 0.1) is 38.5 Å². The van der Waals surface area contributed by atoms with Gasteiger partial charge in [-0.25, -0.2) is 4.79 Å². The third-order valence-corrected chi connectivity index (χ3v) is 13.7. The summed E-state index contributed by atoms with van der Waals surface area (Å²) >= 11 is 0. The zero-order valence-electron chi connectivity index (χ0n) is 35.5. The van der Waals surface area contributed by atoms with Crippen molar-refractivity contribution < 1.29 is 4.42 Å². The molecule has 0 N–H and O–H groups in total. The largest absolute Gasteiger partial charge is 0.422 e. The summed E-state index contributed by atoms with van der Waals surface area (Å²) in [6.07, 6.45) is 0. The fraction of sp³-hybridized carbons (Fsp3) is 0. The second kappa shape index (κ2) is 14.0. The molecule has 0 unspecified atom stereocenters. The van der Waals surface area contributed by atoms with Crippen LogP contribution in [0.15, 0.2) is 234 Å². The minimum atomic E-state index is -0.335. The van der Waals surface area contributed by atoms with E-state index in [1.165, 1.54) is 43.7 Å².